The molecule has 0 saturated carbocycles. The minimum atomic E-state index is -0.534. The van der Waals surface area contributed by atoms with Crippen LogP contribution < -0.4 is 4.74 Å². The number of rotatable bonds is 4. The van der Waals surface area contributed by atoms with E-state index in [1.54, 1.807) is 6.07 Å². The van der Waals surface area contributed by atoms with E-state index < -0.39 is 5.82 Å². The number of hydrogen-bond donors (Lipinski definition) is 0. The second-order valence-electron chi connectivity index (χ2n) is 3.64. The molecular weight excluding hydrogens is 259 g/mol. The third kappa shape index (κ3) is 2.38. The molecule has 0 radical (unpaired) electrons. The zero-order chi connectivity index (χ0) is 13.1. The minimum absolute atomic E-state index is 0.0169. The summed E-state index contributed by atoms with van der Waals surface area (Å²) in [6.07, 6.45) is 1.22. The summed E-state index contributed by atoms with van der Waals surface area (Å²) in [5.41, 5.74) is 0.510. The van der Waals surface area contributed by atoms with Crippen molar-refractivity contribution in [1.82, 2.24) is 0 Å². The molecule has 3 nitrogen and oxygen atoms in total. The molecule has 18 heavy (non-hydrogen) atoms. The van der Waals surface area contributed by atoms with Gasteiger partial charge in [-0.15, -0.1) is 0 Å². The number of furan rings is 1. The van der Waals surface area contributed by atoms with Crippen LogP contribution in [-0.4, -0.2) is 12.9 Å². The summed E-state index contributed by atoms with van der Waals surface area (Å²) in [6, 6.07) is 6.11. The standard InChI is InChI=1S/C13H10ClFO3/c1-17-11-4-2-3-8(12(11)15)7-10(16)9-5-6-18-13(9)14/h2-6H,7H2,1H3. The molecule has 0 aliphatic rings. The molecule has 0 N–H and O–H groups in total. The van der Waals surface area contributed by atoms with E-state index in [2.05, 4.69) is 0 Å². The molecule has 1 aromatic heterocycles. The van der Waals surface area contributed by atoms with E-state index in [4.69, 9.17) is 20.8 Å². The number of Topliss-reactive ketones (excluding diaryl/α,β-unsaturated/α-hetero) is 1. The van der Waals surface area contributed by atoms with Crippen LogP contribution in [0.4, 0.5) is 4.39 Å². The van der Waals surface area contributed by atoms with E-state index in [1.165, 1.54) is 31.6 Å². The van der Waals surface area contributed by atoms with Gasteiger partial charge in [-0.1, -0.05) is 12.1 Å². The average molecular weight is 269 g/mol. The molecule has 94 valence electrons. The zero-order valence-corrected chi connectivity index (χ0v) is 10.3. The topological polar surface area (TPSA) is 39.4 Å². The lowest BCUT2D eigenvalue weighted by atomic mass is 10.0. The molecule has 2 rings (SSSR count). The number of ketones is 1. The average Bonchev–Trinajstić information content (AvgIpc) is 2.78. The van der Waals surface area contributed by atoms with Gasteiger partial charge in [-0.2, -0.15) is 0 Å². The lowest BCUT2D eigenvalue weighted by molar-refractivity contribution is 0.0991. The van der Waals surface area contributed by atoms with Crippen LogP contribution in [0.25, 0.3) is 0 Å². The maximum atomic E-state index is 13.8. The van der Waals surface area contributed by atoms with Crippen molar-refractivity contribution in [2.24, 2.45) is 0 Å². The molecular formula is C13H10ClFO3. The van der Waals surface area contributed by atoms with Gasteiger partial charge < -0.3 is 9.15 Å². The third-order valence-corrected chi connectivity index (χ3v) is 2.83. The largest absolute Gasteiger partial charge is 0.494 e. The van der Waals surface area contributed by atoms with Gasteiger partial charge in [0.05, 0.1) is 18.9 Å². The van der Waals surface area contributed by atoms with E-state index in [9.17, 15) is 9.18 Å². The fraction of sp³-hybridized carbons (Fsp3) is 0.154. The Morgan fingerprint density at radius 1 is 1.44 bits per heavy atom. The van der Waals surface area contributed by atoms with E-state index in [0.717, 1.165) is 0 Å². The van der Waals surface area contributed by atoms with Crippen molar-refractivity contribution in [3.63, 3.8) is 0 Å². The highest BCUT2D eigenvalue weighted by Gasteiger charge is 2.17. The summed E-state index contributed by atoms with van der Waals surface area (Å²) in [7, 11) is 1.37. The normalized spacial score (nSPS) is 10.4. The quantitative estimate of drug-likeness (QED) is 0.797. The smallest absolute Gasteiger partial charge is 0.203 e. The molecule has 0 aliphatic heterocycles. The van der Waals surface area contributed by atoms with Crippen LogP contribution in [-0.2, 0) is 6.42 Å². The Hall–Kier alpha value is -1.81. The lowest BCUT2D eigenvalue weighted by Gasteiger charge is -2.06. The highest BCUT2D eigenvalue weighted by atomic mass is 35.5. The fourth-order valence-corrected chi connectivity index (χ4v) is 1.83. The maximum Gasteiger partial charge on any atom is 0.203 e. The van der Waals surface area contributed by atoms with Gasteiger partial charge in [0, 0.05) is 6.42 Å². The molecule has 1 aromatic carbocycles. The first kappa shape index (κ1) is 12.6. The van der Waals surface area contributed by atoms with Crippen LogP contribution in [0.2, 0.25) is 5.22 Å². The minimum Gasteiger partial charge on any atom is -0.494 e. The first-order valence-corrected chi connectivity index (χ1v) is 5.59. The third-order valence-electron chi connectivity index (χ3n) is 2.53. The summed E-state index contributed by atoms with van der Waals surface area (Å²) in [5.74, 6) is -0.729. The lowest BCUT2D eigenvalue weighted by Crippen LogP contribution is -2.05. The van der Waals surface area contributed by atoms with Crippen molar-refractivity contribution < 1.29 is 18.3 Å². The Kier molecular flexibility index (Phi) is 3.67. The van der Waals surface area contributed by atoms with Crippen molar-refractivity contribution in [3.8, 4) is 5.75 Å². The number of hydrogen-bond acceptors (Lipinski definition) is 3. The molecule has 5 heteroatoms. The number of ether oxygens (including phenoxy) is 1. The number of methoxy groups -OCH3 is 1. The second kappa shape index (κ2) is 5.23. The van der Waals surface area contributed by atoms with Gasteiger partial charge in [0.15, 0.2) is 17.3 Å². The molecule has 0 saturated heterocycles. The number of carbonyl (C=O) groups is 1. The van der Waals surface area contributed by atoms with Gasteiger partial charge in [0.2, 0.25) is 5.22 Å². The number of halogens is 2. The van der Waals surface area contributed by atoms with Crippen LogP contribution in [0.15, 0.2) is 34.9 Å². The van der Waals surface area contributed by atoms with Gasteiger partial charge in [0.1, 0.15) is 0 Å². The van der Waals surface area contributed by atoms with Gasteiger partial charge in [-0.3, -0.25) is 4.79 Å². The molecule has 0 bridgehead atoms. The Morgan fingerprint density at radius 3 is 2.83 bits per heavy atom. The van der Waals surface area contributed by atoms with Gasteiger partial charge in [-0.05, 0) is 29.3 Å². The van der Waals surface area contributed by atoms with Crippen molar-refractivity contribution >= 4 is 17.4 Å². The van der Waals surface area contributed by atoms with E-state index >= 15 is 0 Å². The number of benzene rings is 1. The van der Waals surface area contributed by atoms with E-state index in [-0.39, 0.29) is 34.3 Å². The van der Waals surface area contributed by atoms with Crippen molar-refractivity contribution in [2.45, 2.75) is 6.42 Å². The van der Waals surface area contributed by atoms with Crippen LogP contribution in [0.5, 0.6) is 5.75 Å². The van der Waals surface area contributed by atoms with Crippen molar-refractivity contribution in [1.29, 1.82) is 0 Å². The summed E-state index contributed by atoms with van der Waals surface area (Å²) in [5, 5.41) is 0.0169. The highest BCUT2D eigenvalue weighted by Crippen LogP contribution is 2.23. The van der Waals surface area contributed by atoms with Gasteiger partial charge >= 0.3 is 0 Å². The molecule has 0 atom stereocenters. The maximum absolute atomic E-state index is 13.8. The molecule has 1 heterocycles. The fourth-order valence-electron chi connectivity index (χ4n) is 1.61. The Balaban J connectivity index is 2.25. The van der Waals surface area contributed by atoms with E-state index in [1.807, 2.05) is 0 Å². The molecule has 0 fully saturated rings. The predicted molar refractivity (Wildman–Crippen MR) is 64.7 cm³/mol. The Bertz CT molecular complexity index is 577. The van der Waals surface area contributed by atoms with E-state index in [0.29, 0.717) is 0 Å². The predicted octanol–water partition coefficient (Wildman–Crippen LogP) is 3.51. The molecule has 0 aliphatic carbocycles. The molecule has 0 amide bonds. The first-order valence-electron chi connectivity index (χ1n) is 5.21. The molecule has 0 unspecified atom stereocenters. The van der Waals surface area contributed by atoms with Crippen LogP contribution in [0.1, 0.15) is 15.9 Å². The zero-order valence-electron chi connectivity index (χ0n) is 9.57. The first-order chi connectivity index (χ1) is 8.63. The summed E-state index contributed by atoms with van der Waals surface area (Å²) >= 11 is 5.69. The molecule has 0 spiro atoms. The Labute approximate surface area is 108 Å². The van der Waals surface area contributed by atoms with Crippen molar-refractivity contribution in [2.75, 3.05) is 7.11 Å². The van der Waals surface area contributed by atoms with Crippen LogP contribution >= 0.6 is 11.6 Å². The summed E-state index contributed by atoms with van der Waals surface area (Å²) < 4.78 is 23.5. The highest BCUT2D eigenvalue weighted by molar-refractivity contribution is 6.32. The summed E-state index contributed by atoms with van der Waals surface area (Å²) in [6.45, 7) is 0. The number of carbonyl (C=O) groups excluding carboxylic acids is 1. The van der Waals surface area contributed by atoms with Crippen molar-refractivity contribution in [3.05, 3.63) is 52.7 Å². The Morgan fingerprint density at radius 2 is 2.22 bits per heavy atom. The van der Waals surface area contributed by atoms with Crippen LogP contribution in [0.3, 0.4) is 0 Å². The summed E-state index contributed by atoms with van der Waals surface area (Å²) in [4.78, 5) is 11.9. The monoisotopic (exact) mass is 268 g/mol. The van der Waals surface area contributed by atoms with Gasteiger partial charge in [0.25, 0.3) is 0 Å². The van der Waals surface area contributed by atoms with Gasteiger partial charge in [-0.25, -0.2) is 4.39 Å². The second-order valence-corrected chi connectivity index (χ2v) is 3.98. The SMILES string of the molecule is COc1cccc(CC(=O)c2ccoc2Cl)c1F. The van der Waals surface area contributed by atoms with Crippen LogP contribution in [0, 0.1) is 5.82 Å². The molecule has 2 aromatic rings.